The highest BCUT2D eigenvalue weighted by Crippen LogP contribution is 2.38. The standard InChI is InChI=1S/C26H28N2O3S/c1-26(2,3)31-25(30)27-17-18-9-11-20(12-10-18)24(29)28-15-13-22-21(14-16-32-22)23(28)19-7-5-4-6-8-19/h4-12,14,16,23H,13,15,17H2,1-3H3,(H,27,30). The van der Waals surface area contributed by atoms with E-state index in [4.69, 9.17) is 4.74 Å². The van der Waals surface area contributed by atoms with Crippen molar-refractivity contribution >= 4 is 23.3 Å². The van der Waals surface area contributed by atoms with Gasteiger partial charge in [-0.25, -0.2) is 4.79 Å². The Balaban J connectivity index is 1.49. The van der Waals surface area contributed by atoms with Crippen LogP contribution in [0.5, 0.6) is 0 Å². The summed E-state index contributed by atoms with van der Waals surface area (Å²) in [7, 11) is 0. The maximum Gasteiger partial charge on any atom is 0.407 e. The number of amides is 2. The molecule has 3 aromatic rings. The highest BCUT2D eigenvalue weighted by molar-refractivity contribution is 7.10. The molecule has 2 aromatic carbocycles. The second-order valence-electron chi connectivity index (χ2n) is 8.91. The smallest absolute Gasteiger partial charge is 0.407 e. The summed E-state index contributed by atoms with van der Waals surface area (Å²) in [4.78, 5) is 28.7. The first-order valence-corrected chi connectivity index (χ1v) is 11.7. The van der Waals surface area contributed by atoms with Crippen LogP contribution in [0, 0.1) is 0 Å². The molecular weight excluding hydrogens is 420 g/mol. The van der Waals surface area contributed by atoms with Crippen LogP contribution in [-0.2, 0) is 17.7 Å². The van der Waals surface area contributed by atoms with E-state index in [9.17, 15) is 9.59 Å². The van der Waals surface area contributed by atoms with Crippen LogP contribution >= 0.6 is 11.3 Å². The topological polar surface area (TPSA) is 58.6 Å². The highest BCUT2D eigenvalue weighted by Gasteiger charge is 2.33. The van der Waals surface area contributed by atoms with Crippen molar-refractivity contribution in [2.75, 3.05) is 6.54 Å². The van der Waals surface area contributed by atoms with E-state index in [0.717, 1.165) is 17.5 Å². The van der Waals surface area contributed by atoms with Crippen LogP contribution in [0.4, 0.5) is 4.79 Å². The predicted molar refractivity (Wildman–Crippen MR) is 127 cm³/mol. The van der Waals surface area contributed by atoms with Gasteiger partial charge < -0.3 is 15.0 Å². The minimum absolute atomic E-state index is 0.0161. The van der Waals surface area contributed by atoms with Crippen molar-refractivity contribution in [1.82, 2.24) is 10.2 Å². The summed E-state index contributed by atoms with van der Waals surface area (Å²) >= 11 is 1.76. The van der Waals surface area contributed by atoms with Gasteiger partial charge >= 0.3 is 6.09 Å². The predicted octanol–water partition coefficient (Wildman–Crippen LogP) is 5.56. The molecule has 1 unspecified atom stereocenters. The molecule has 166 valence electrons. The van der Waals surface area contributed by atoms with E-state index < -0.39 is 11.7 Å². The molecule has 2 heterocycles. The molecule has 0 saturated heterocycles. The van der Waals surface area contributed by atoms with E-state index in [0.29, 0.717) is 18.7 Å². The van der Waals surface area contributed by atoms with Crippen LogP contribution in [0.3, 0.4) is 0 Å². The molecule has 0 radical (unpaired) electrons. The number of nitrogens with zero attached hydrogens (tertiary/aromatic N) is 1. The summed E-state index contributed by atoms with van der Waals surface area (Å²) in [5.74, 6) is 0.0161. The van der Waals surface area contributed by atoms with Crippen molar-refractivity contribution in [3.05, 3.63) is 93.2 Å². The molecule has 0 fully saturated rings. The van der Waals surface area contributed by atoms with Gasteiger partial charge in [0.1, 0.15) is 5.60 Å². The van der Waals surface area contributed by atoms with E-state index in [1.54, 1.807) is 11.3 Å². The number of rotatable bonds is 4. The van der Waals surface area contributed by atoms with Gasteiger partial charge in [-0.05, 0) is 67.5 Å². The number of hydrogen-bond acceptors (Lipinski definition) is 4. The van der Waals surface area contributed by atoms with Gasteiger partial charge in [0.25, 0.3) is 5.91 Å². The van der Waals surface area contributed by atoms with Gasteiger partial charge in [0.05, 0.1) is 6.04 Å². The molecular formula is C26H28N2O3S. The van der Waals surface area contributed by atoms with Crippen LogP contribution in [0.25, 0.3) is 0 Å². The van der Waals surface area contributed by atoms with Gasteiger partial charge in [-0.1, -0.05) is 42.5 Å². The first-order valence-electron chi connectivity index (χ1n) is 10.8. The SMILES string of the molecule is CC(C)(C)OC(=O)NCc1ccc(C(=O)N2CCc3sccc3C2c2ccccc2)cc1. The van der Waals surface area contributed by atoms with Gasteiger partial charge in [0, 0.05) is 23.5 Å². The Morgan fingerprint density at radius 1 is 1.06 bits per heavy atom. The van der Waals surface area contributed by atoms with Gasteiger partial charge in [-0.2, -0.15) is 0 Å². The number of ether oxygens (including phenoxy) is 1. The fourth-order valence-electron chi connectivity index (χ4n) is 3.95. The molecule has 1 atom stereocenters. The third kappa shape index (κ3) is 5.02. The maximum atomic E-state index is 13.5. The third-order valence-corrected chi connectivity index (χ3v) is 6.38. The first-order chi connectivity index (χ1) is 15.3. The number of hydrogen-bond donors (Lipinski definition) is 1. The second kappa shape index (κ2) is 9.17. The van der Waals surface area contributed by atoms with Gasteiger partial charge in [-0.3, -0.25) is 4.79 Å². The molecule has 0 bridgehead atoms. The molecule has 32 heavy (non-hydrogen) atoms. The number of carbonyl (C=O) groups is 2. The average molecular weight is 449 g/mol. The zero-order valence-electron chi connectivity index (χ0n) is 18.6. The van der Waals surface area contributed by atoms with E-state index in [-0.39, 0.29) is 11.9 Å². The molecule has 6 heteroatoms. The molecule has 5 nitrogen and oxygen atoms in total. The molecule has 0 spiro atoms. The van der Waals surface area contributed by atoms with Gasteiger partial charge in [0.15, 0.2) is 0 Å². The van der Waals surface area contributed by atoms with Crippen molar-refractivity contribution in [2.24, 2.45) is 0 Å². The normalized spacial score (nSPS) is 15.7. The molecule has 0 aliphatic carbocycles. The lowest BCUT2D eigenvalue weighted by molar-refractivity contribution is 0.0523. The Morgan fingerprint density at radius 2 is 1.78 bits per heavy atom. The van der Waals surface area contributed by atoms with Gasteiger partial charge in [-0.15, -0.1) is 11.3 Å². The van der Waals surface area contributed by atoms with E-state index >= 15 is 0 Å². The Bertz CT molecular complexity index is 1080. The highest BCUT2D eigenvalue weighted by atomic mass is 32.1. The second-order valence-corrected chi connectivity index (χ2v) is 9.91. The van der Waals surface area contributed by atoms with Crippen molar-refractivity contribution in [3.63, 3.8) is 0 Å². The lowest BCUT2D eigenvalue weighted by atomic mass is 9.92. The maximum absolute atomic E-state index is 13.5. The fourth-order valence-corrected chi connectivity index (χ4v) is 4.85. The number of thiophene rings is 1. The Morgan fingerprint density at radius 3 is 2.47 bits per heavy atom. The van der Waals surface area contributed by atoms with E-state index in [2.05, 4.69) is 28.9 Å². The number of nitrogens with one attached hydrogen (secondary N) is 1. The molecule has 0 saturated carbocycles. The largest absolute Gasteiger partial charge is 0.444 e. The minimum atomic E-state index is -0.535. The summed E-state index contributed by atoms with van der Waals surface area (Å²) in [6.07, 6.45) is 0.420. The Kier molecular flexibility index (Phi) is 6.33. The Labute approximate surface area is 193 Å². The molecule has 1 aromatic heterocycles. The summed E-state index contributed by atoms with van der Waals surface area (Å²) in [6, 6.07) is 19.7. The number of alkyl carbamates (subject to hydrolysis) is 1. The van der Waals surface area contributed by atoms with Crippen LogP contribution in [0.2, 0.25) is 0 Å². The van der Waals surface area contributed by atoms with Crippen LogP contribution in [0.1, 0.15) is 58.7 Å². The molecule has 2 amide bonds. The monoisotopic (exact) mass is 448 g/mol. The molecule has 1 N–H and O–H groups in total. The summed E-state index contributed by atoms with van der Waals surface area (Å²) in [5.41, 5.74) is 3.36. The number of carbonyl (C=O) groups excluding carboxylic acids is 2. The van der Waals surface area contributed by atoms with Crippen molar-refractivity contribution < 1.29 is 14.3 Å². The average Bonchev–Trinajstić information content (AvgIpc) is 3.25. The zero-order valence-corrected chi connectivity index (χ0v) is 19.4. The van der Waals surface area contributed by atoms with E-state index in [1.165, 1.54) is 10.4 Å². The van der Waals surface area contributed by atoms with Crippen molar-refractivity contribution in [3.8, 4) is 0 Å². The number of benzene rings is 2. The minimum Gasteiger partial charge on any atom is -0.444 e. The summed E-state index contributed by atoms with van der Waals surface area (Å²) in [5, 5.41) is 4.86. The fraction of sp³-hybridized carbons (Fsp3) is 0.308. The van der Waals surface area contributed by atoms with Crippen molar-refractivity contribution in [1.29, 1.82) is 0 Å². The summed E-state index contributed by atoms with van der Waals surface area (Å²) < 4.78 is 5.27. The van der Waals surface area contributed by atoms with E-state index in [1.807, 2.05) is 68.1 Å². The Hall–Kier alpha value is -3.12. The third-order valence-electron chi connectivity index (χ3n) is 5.38. The van der Waals surface area contributed by atoms with Crippen LogP contribution < -0.4 is 5.32 Å². The molecule has 4 rings (SSSR count). The molecule has 1 aliphatic heterocycles. The van der Waals surface area contributed by atoms with Crippen molar-refractivity contribution in [2.45, 2.75) is 45.4 Å². The first kappa shape index (κ1) is 22.1. The lowest BCUT2D eigenvalue weighted by Crippen LogP contribution is -2.40. The zero-order chi connectivity index (χ0) is 22.7. The van der Waals surface area contributed by atoms with Crippen LogP contribution in [0.15, 0.2) is 66.0 Å². The van der Waals surface area contributed by atoms with Crippen LogP contribution in [-0.4, -0.2) is 29.0 Å². The number of fused-ring (bicyclic) bond motifs is 1. The van der Waals surface area contributed by atoms with Gasteiger partial charge in [0.2, 0.25) is 0 Å². The summed E-state index contributed by atoms with van der Waals surface area (Å²) in [6.45, 7) is 6.52. The lowest BCUT2D eigenvalue weighted by Gasteiger charge is -2.36. The quantitative estimate of drug-likeness (QED) is 0.568. The molecule has 1 aliphatic rings.